The monoisotopic (exact) mass is 480 g/mol. The molecule has 3 aromatic rings. The first kappa shape index (κ1) is 21.6. The number of nitrogens with zero attached hydrogens (tertiary/aromatic N) is 2. The van der Waals surface area contributed by atoms with E-state index in [-0.39, 0.29) is 14.9 Å². The highest BCUT2D eigenvalue weighted by molar-refractivity contribution is 7.92. The van der Waals surface area contributed by atoms with Crippen molar-refractivity contribution in [3.63, 3.8) is 0 Å². The third kappa shape index (κ3) is 4.24. The molecule has 0 unspecified atom stereocenters. The summed E-state index contributed by atoms with van der Waals surface area (Å²) < 4.78 is 26.2. The van der Waals surface area contributed by atoms with Gasteiger partial charge in [0.15, 0.2) is 15.0 Å². The summed E-state index contributed by atoms with van der Waals surface area (Å²) in [6.07, 6.45) is 1.06. The van der Waals surface area contributed by atoms with E-state index < -0.39 is 15.1 Å². The maximum Gasteiger partial charge on any atom is 0.185 e. The van der Waals surface area contributed by atoms with E-state index in [0.29, 0.717) is 25.9 Å². The molecule has 1 aromatic heterocycles. The smallest absolute Gasteiger partial charge is 0.185 e. The Kier molecular flexibility index (Phi) is 6.13. The lowest BCUT2D eigenvalue weighted by Crippen LogP contribution is -2.39. The molecular weight excluding hydrogens is 459 g/mol. The molecule has 1 saturated heterocycles. The van der Waals surface area contributed by atoms with E-state index in [2.05, 4.69) is 42.3 Å². The van der Waals surface area contributed by atoms with Gasteiger partial charge in [0.2, 0.25) is 0 Å². The van der Waals surface area contributed by atoms with E-state index in [0.717, 1.165) is 16.4 Å². The number of halogens is 2. The Morgan fingerprint density at radius 1 is 1.07 bits per heavy atom. The number of thiazole rings is 1. The van der Waals surface area contributed by atoms with E-state index in [1.54, 1.807) is 23.5 Å². The van der Waals surface area contributed by atoms with Gasteiger partial charge in [-0.05, 0) is 51.0 Å². The van der Waals surface area contributed by atoms with Crippen LogP contribution in [0, 0.1) is 13.8 Å². The zero-order valence-corrected chi connectivity index (χ0v) is 19.9. The van der Waals surface area contributed by atoms with Crippen molar-refractivity contribution in [2.45, 2.75) is 36.8 Å². The van der Waals surface area contributed by atoms with Crippen molar-refractivity contribution in [1.29, 1.82) is 0 Å². The predicted molar refractivity (Wildman–Crippen MR) is 126 cm³/mol. The lowest BCUT2D eigenvalue weighted by Gasteiger charge is -2.31. The number of rotatable bonds is 4. The quantitative estimate of drug-likeness (QED) is 0.447. The summed E-state index contributed by atoms with van der Waals surface area (Å²) in [7, 11) is -3.53. The molecule has 0 bridgehead atoms. The summed E-state index contributed by atoms with van der Waals surface area (Å²) in [5.74, 6) is 0. The molecular formula is C22H22Cl2N2O2S2. The molecule has 1 aliphatic rings. The third-order valence-corrected chi connectivity index (χ3v) is 9.52. The summed E-state index contributed by atoms with van der Waals surface area (Å²) in [6, 6.07) is 11.2. The maximum atomic E-state index is 13.1. The highest BCUT2D eigenvalue weighted by Crippen LogP contribution is 2.35. The van der Waals surface area contributed by atoms with Crippen molar-refractivity contribution >= 4 is 49.5 Å². The Balaban J connectivity index is 1.49. The Morgan fingerprint density at radius 2 is 1.73 bits per heavy atom. The molecule has 0 atom stereocenters. The highest BCUT2D eigenvalue weighted by atomic mass is 35.5. The van der Waals surface area contributed by atoms with E-state index in [9.17, 15) is 8.42 Å². The van der Waals surface area contributed by atoms with Crippen LogP contribution in [-0.4, -0.2) is 31.7 Å². The van der Waals surface area contributed by atoms with Gasteiger partial charge in [-0.15, -0.1) is 11.3 Å². The lowest BCUT2D eigenvalue weighted by atomic mass is 10.1. The SMILES string of the molecule is Cc1cc(C)cc(-c2csc(N3CCC(S(=O)(=O)c4cccc(Cl)c4Cl)CC3)n2)c1. The summed E-state index contributed by atoms with van der Waals surface area (Å²) in [6.45, 7) is 5.45. The average molecular weight is 481 g/mol. The zero-order chi connectivity index (χ0) is 21.5. The Labute approximate surface area is 191 Å². The molecule has 4 rings (SSSR count). The Morgan fingerprint density at radius 3 is 2.40 bits per heavy atom. The fourth-order valence-electron chi connectivity index (χ4n) is 3.91. The molecule has 8 heteroatoms. The van der Waals surface area contributed by atoms with E-state index in [1.807, 2.05) is 0 Å². The average Bonchev–Trinajstić information content (AvgIpc) is 3.20. The maximum absolute atomic E-state index is 13.1. The van der Waals surface area contributed by atoms with Crippen molar-refractivity contribution in [2.75, 3.05) is 18.0 Å². The van der Waals surface area contributed by atoms with Crippen LogP contribution in [-0.2, 0) is 9.84 Å². The lowest BCUT2D eigenvalue weighted by molar-refractivity contribution is 0.529. The van der Waals surface area contributed by atoms with Gasteiger partial charge < -0.3 is 4.90 Å². The van der Waals surface area contributed by atoms with Crippen molar-refractivity contribution in [1.82, 2.24) is 4.98 Å². The number of aromatic nitrogens is 1. The Hall–Kier alpha value is -1.60. The van der Waals surface area contributed by atoms with E-state index >= 15 is 0 Å². The molecule has 1 fully saturated rings. The van der Waals surface area contributed by atoms with E-state index in [4.69, 9.17) is 28.2 Å². The second-order valence-electron chi connectivity index (χ2n) is 7.68. The Bertz CT molecular complexity index is 1160. The van der Waals surface area contributed by atoms with Crippen LogP contribution in [0.2, 0.25) is 10.0 Å². The largest absolute Gasteiger partial charge is 0.348 e. The molecule has 0 amide bonds. The van der Waals surface area contributed by atoms with Crippen LogP contribution in [0.5, 0.6) is 0 Å². The topological polar surface area (TPSA) is 50.3 Å². The van der Waals surface area contributed by atoms with Crippen molar-refractivity contribution < 1.29 is 8.42 Å². The van der Waals surface area contributed by atoms with Crippen LogP contribution >= 0.6 is 34.5 Å². The van der Waals surface area contributed by atoms with Gasteiger partial charge in [0.1, 0.15) is 0 Å². The minimum absolute atomic E-state index is 0.111. The van der Waals surface area contributed by atoms with Crippen LogP contribution < -0.4 is 4.90 Å². The number of hydrogen-bond donors (Lipinski definition) is 0. The number of aryl methyl sites for hydroxylation is 2. The second-order valence-corrected chi connectivity index (χ2v) is 11.5. The molecule has 0 N–H and O–H groups in total. The van der Waals surface area contributed by atoms with Gasteiger partial charge in [-0.1, -0.05) is 46.5 Å². The molecule has 0 radical (unpaired) electrons. The van der Waals surface area contributed by atoms with Gasteiger partial charge in [0.25, 0.3) is 0 Å². The third-order valence-electron chi connectivity index (χ3n) is 5.38. The number of hydrogen-bond acceptors (Lipinski definition) is 5. The molecule has 0 aliphatic carbocycles. The minimum Gasteiger partial charge on any atom is -0.348 e. The first-order valence-electron chi connectivity index (χ1n) is 9.73. The van der Waals surface area contributed by atoms with Gasteiger partial charge >= 0.3 is 0 Å². The number of anilines is 1. The first-order chi connectivity index (χ1) is 14.3. The molecule has 4 nitrogen and oxygen atoms in total. The van der Waals surface area contributed by atoms with Crippen LogP contribution in [0.15, 0.2) is 46.7 Å². The minimum atomic E-state index is -3.53. The summed E-state index contributed by atoms with van der Waals surface area (Å²) in [4.78, 5) is 7.11. The number of sulfone groups is 1. The molecule has 0 spiro atoms. The van der Waals surface area contributed by atoms with Gasteiger partial charge in [-0.3, -0.25) is 0 Å². The molecule has 1 aliphatic heterocycles. The van der Waals surface area contributed by atoms with Gasteiger partial charge in [0.05, 0.1) is 25.9 Å². The van der Waals surface area contributed by atoms with Gasteiger partial charge in [0, 0.05) is 24.0 Å². The molecule has 0 saturated carbocycles. The number of piperidine rings is 1. The normalized spacial score (nSPS) is 15.5. The van der Waals surface area contributed by atoms with Crippen molar-refractivity contribution in [3.8, 4) is 11.3 Å². The first-order valence-corrected chi connectivity index (χ1v) is 12.9. The number of benzene rings is 2. The fraction of sp³-hybridized carbons (Fsp3) is 0.318. The van der Waals surface area contributed by atoms with Crippen LogP contribution in [0.25, 0.3) is 11.3 Å². The standard InChI is InChI=1S/C22H22Cl2N2O2S2/c1-14-10-15(2)12-16(11-14)19-13-29-22(25-19)26-8-6-17(7-9-26)30(27,28)20-5-3-4-18(23)21(20)24/h3-5,10-13,17H,6-9H2,1-2H3. The second kappa shape index (κ2) is 8.50. The molecule has 158 valence electrons. The van der Waals surface area contributed by atoms with Gasteiger partial charge in [-0.25, -0.2) is 13.4 Å². The van der Waals surface area contributed by atoms with Crippen LogP contribution in [0.3, 0.4) is 0 Å². The van der Waals surface area contributed by atoms with Crippen LogP contribution in [0.1, 0.15) is 24.0 Å². The van der Waals surface area contributed by atoms with Crippen LogP contribution in [0.4, 0.5) is 5.13 Å². The summed E-state index contributed by atoms with van der Waals surface area (Å²) in [5, 5.41) is 2.90. The van der Waals surface area contributed by atoms with Crippen molar-refractivity contribution in [2.24, 2.45) is 0 Å². The van der Waals surface area contributed by atoms with E-state index in [1.165, 1.54) is 17.2 Å². The highest BCUT2D eigenvalue weighted by Gasteiger charge is 2.33. The van der Waals surface area contributed by atoms with Gasteiger partial charge in [-0.2, -0.15) is 0 Å². The summed E-state index contributed by atoms with van der Waals surface area (Å²) >= 11 is 13.8. The molecule has 30 heavy (non-hydrogen) atoms. The van der Waals surface area contributed by atoms with Crippen molar-refractivity contribution in [3.05, 3.63) is 63.0 Å². The fourth-order valence-corrected chi connectivity index (χ4v) is 7.29. The summed E-state index contributed by atoms with van der Waals surface area (Å²) in [5.41, 5.74) is 4.50. The predicted octanol–water partition coefficient (Wildman–Crippen LogP) is 6.18. The molecule has 2 heterocycles. The zero-order valence-electron chi connectivity index (χ0n) is 16.7. The molecule has 2 aromatic carbocycles.